The molecule has 0 aliphatic heterocycles. The number of nitrogens with two attached hydrogens (primary N) is 1. The van der Waals surface area contributed by atoms with Gasteiger partial charge in [0.1, 0.15) is 0 Å². The molecule has 0 saturated carbocycles. The van der Waals surface area contributed by atoms with E-state index >= 15 is 0 Å². The molecule has 1 unspecified atom stereocenters. The Bertz CT molecular complexity index is 711. The molecule has 1 atom stereocenters. The van der Waals surface area contributed by atoms with Crippen LogP contribution in [-0.4, -0.2) is 13.4 Å². The molecule has 0 aliphatic carbocycles. The minimum atomic E-state index is -3.54. The smallest absolute Gasteiger partial charge is 0.240 e. The van der Waals surface area contributed by atoms with Crippen molar-refractivity contribution in [3.63, 3.8) is 0 Å². The van der Waals surface area contributed by atoms with Crippen molar-refractivity contribution in [2.45, 2.75) is 37.8 Å². The Labute approximate surface area is 129 Å². The molecule has 0 amide bonds. The quantitative estimate of drug-likeness (QED) is 0.853. The van der Waals surface area contributed by atoms with E-state index in [9.17, 15) is 8.42 Å². The summed E-state index contributed by atoms with van der Waals surface area (Å²) >= 11 is 1.44. The molecule has 0 spiro atoms. The summed E-state index contributed by atoms with van der Waals surface area (Å²) in [6.07, 6.45) is 0.761. The third-order valence-electron chi connectivity index (χ3n) is 3.30. The highest BCUT2D eigenvalue weighted by Crippen LogP contribution is 2.19. The van der Waals surface area contributed by atoms with Crippen LogP contribution >= 0.6 is 11.3 Å². The van der Waals surface area contributed by atoms with E-state index in [2.05, 4.69) is 9.71 Å². The third kappa shape index (κ3) is 3.88. The number of thiazole rings is 1. The summed E-state index contributed by atoms with van der Waals surface area (Å²) in [4.78, 5) is 5.26. The lowest BCUT2D eigenvalue weighted by Gasteiger charge is -2.11. The molecule has 0 bridgehead atoms. The lowest BCUT2D eigenvalue weighted by molar-refractivity contribution is 0.581. The van der Waals surface area contributed by atoms with Crippen molar-refractivity contribution >= 4 is 21.4 Å². The molecule has 1 heterocycles. The van der Waals surface area contributed by atoms with E-state index in [1.807, 2.05) is 19.9 Å². The summed E-state index contributed by atoms with van der Waals surface area (Å²) in [6.45, 7) is 4.08. The summed E-state index contributed by atoms with van der Waals surface area (Å²) in [5.74, 6) is 0. The second-order valence-corrected chi connectivity index (χ2v) is 7.48. The fraction of sp³-hybridized carbons (Fsp3) is 0.357. The second-order valence-electron chi connectivity index (χ2n) is 4.77. The summed E-state index contributed by atoms with van der Waals surface area (Å²) in [7, 11) is -3.54. The van der Waals surface area contributed by atoms with E-state index < -0.39 is 10.0 Å². The SMILES string of the molecule is CCC(N)c1cccc(S(=O)(=O)NCc2scnc2C)c1. The first kappa shape index (κ1) is 16.1. The second kappa shape index (κ2) is 6.65. The molecule has 0 fully saturated rings. The molecular weight excluding hydrogens is 306 g/mol. The molecule has 2 rings (SSSR count). The molecule has 114 valence electrons. The van der Waals surface area contributed by atoms with Gasteiger partial charge in [-0.1, -0.05) is 19.1 Å². The van der Waals surface area contributed by atoms with Crippen LogP contribution < -0.4 is 10.5 Å². The minimum Gasteiger partial charge on any atom is -0.324 e. The summed E-state index contributed by atoms with van der Waals surface area (Å²) in [5, 5.41) is 0. The van der Waals surface area contributed by atoms with Gasteiger partial charge in [0.15, 0.2) is 0 Å². The molecule has 0 radical (unpaired) electrons. The maximum Gasteiger partial charge on any atom is 0.240 e. The van der Waals surface area contributed by atoms with Crippen LogP contribution in [0.2, 0.25) is 0 Å². The molecule has 1 aromatic heterocycles. The average molecular weight is 325 g/mol. The monoisotopic (exact) mass is 325 g/mol. The number of aromatic nitrogens is 1. The normalized spacial score (nSPS) is 13.3. The first-order valence-electron chi connectivity index (χ1n) is 6.68. The lowest BCUT2D eigenvalue weighted by atomic mass is 10.1. The predicted molar refractivity (Wildman–Crippen MR) is 84.5 cm³/mol. The molecule has 21 heavy (non-hydrogen) atoms. The van der Waals surface area contributed by atoms with Gasteiger partial charge in [-0.2, -0.15) is 0 Å². The topological polar surface area (TPSA) is 85.1 Å². The first-order valence-corrected chi connectivity index (χ1v) is 9.04. The molecule has 1 aromatic carbocycles. The van der Waals surface area contributed by atoms with E-state index in [4.69, 9.17) is 5.73 Å². The molecule has 2 aromatic rings. The standard InChI is InChI=1S/C14H19N3O2S2/c1-3-13(15)11-5-4-6-12(7-11)21(18,19)17-8-14-10(2)16-9-20-14/h4-7,9,13,17H,3,8,15H2,1-2H3. The van der Waals surface area contributed by atoms with Crippen molar-refractivity contribution in [1.82, 2.24) is 9.71 Å². The van der Waals surface area contributed by atoms with Crippen LogP contribution in [-0.2, 0) is 16.6 Å². The zero-order valence-corrected chi connectivity index (χ0v) is 13.7. The highest BCUT2D eigenvalue weighted by atomic mass is 32.2. The zero-order valence-electron chi connectivity index (χ0n) is 12.0. The van der Waals surface area contributed by atoms with E-state index in [1.165, 1.54) is 11.3 Å². The van der Waals surface area contributed by atoms with Gasteiger partial charge >= 0.3 is 0 Å². The molecule has 0 aliphatic rings. The molecule has 5 nitrogen and oxygen atoms in total. The fourth-order valence-corrected chi connectivity index (χ4v) is 3.75. The van der Waals surface area contributed by atoms with Gasteiger partial charge in [-0.05, 0) is 31.0 Å². The number of hydrogen-bond acceptors (Lipinski definition) is 5. The number of benzene rings is 1. The third-order valence-corrected chi connectivity index (χ3v) is 5.64. The Morgan fingerprint density at radius 3 is 2.81 bits per heavy atom. The van der Waals surface area contributed by atoms with Gasteiger partial charge in [0.2, 0.25) is 10.0 Å². The summed E-state index contributed by atoms with van der Waals surface area (Å²) < 4.78 is 27.3. The number of nitrogens with zero attached hydrogens (tertiary/aromatic N) is 1. The minimum absolute atomic E-state index is 0.149. The predicted octanol–water partition coefficient (Wildman–Crippen LogP) is 2.34. The Morgan fingerprint density at radius 1 is 1.43 bits per heavy atom. The van der Waals surface area contributed by atoms with Crippen LogP contribution in [0.4, 0.5) is 0 Å². The lowest BCUT2D eigenvalue weighted by Crippen LogP contribution is -2.23. The van der Waals surface area contributed by atoms with E-state index in [0.29, 0.717) is 0 Å². The average Bonchev–Trinajstić information content (AvgIpc) is 2.90. The van der Waals surface area contributed by atoms with Gasteiger partial charge in [-0.25, -0.2) is 18.1 Å². The van der Waals surface area contributed by atoms with Gasteiger partial charge in [0, 0.05) is 17.5 Å². The maximum absolute atomic E-state index is 12.3. The Balaban J connectivity index is 2.18. The van der Waals surface area contributed by atoms with Gasteiger partial charge in [-0.3, -0.25) is 0 Å². The van der Waals surface area contributed by atoms with Crippen LogP contribution in [0.5, 0.6) is 0 Å². The van der Waals surface area contributed by atoms with Crippen molar-refractivity contribution in [3.05, 3.63) is 45.9 Å². The fourth-order valence-electron chi connectivity index (χ4n) is 1.89. The van der Waals surface area contributed by atoms with Crippen LogP contribution in [0.3, 0.4) is 0 Å². The molecule has 3 N–H and O–H groups in total. The summed E-state index contributed by atoms with van der Waals surface area (Å²) in [5.41, 5.74) is 9.34. The highest BCUT2D eigenvalue weighted by Gasteiger charge is 2.16. The van der Waals surface area contributed by atoms with Crippen molar-refractivity contribution in [1.29, 1.82) is 0 Å². The van der Waals surface area contributed by atoms with E-state index in [1.54, 1.807) is 23.7 Å². The zero-order chi connectivity index (χ0) is 15.5. The Kier molecular flexibility index (Phi) is 5.10. The number of nitrogens with one attached hydrogen (secondary N) is 1. The van der Waals surface area contributed by atoms with Crippen LogP contribution in [0.25, 0.3) is 0 Å². The molecule has 7 heteroatoms. The van der Waals surface area contributed by atoms with Crippen LogP contribution in [0.15, 0.2) is 34.7 Å². The van der Waals surface area contributed by atoms with E-state index in [0.717, 1.165) is 22.6 Å². The number of sulfonamides is 1. The van der Waals surface area contributed by atoms with Crippen molar-refractivity contribution in [3.8, 4) is 0 Å². The highest BCUT2D eigenvalue weighted by molar-refractivity contribution is 7.89. The van der Waals surface area contributed by atoms with E-state index in [-0.39, 0.29) is 17.5 Å². The summed E-state index contributed by atoms with van der Waals surface area (Å²) in [6, 6.07) is 6.63. The van der Waals surface area contributed by atoms with Crippen molar-refractivity contribution < 1.29 is 8.42 Å². The van der Waals surface area contributed by atoms with Crippen LogP contribution in [0.1, 0.15) is 35.5 Å². The Hall–Kier alpha value is -1.28. The van der Waals surface area contributed by atoms with Crippen molar-refractivity contribution in [2.75, 3.05) is 0 Å². The van der Waals surface area contributed by atoms with Gasteiger partial charge in [0.05, 0.1) is 16.1 Å². The van der Waals surface area contributed by atoms with Crippen molar-refractivity contribution in [2.24, 2.45) is 5.73 Å². The molecular formula is C14H19N3O2S2. The van der Waals surface area contributed by atoms with Gasteiger partial charge < -0.3 is 5.73 Å². The number of rotatable bonds is 6. The van der Waals surface area contributed by atoms with Gasteiger partial charge in [0.25, 0.3) is 0 Å². The van der Waals surface area contributed by atoms with Gasteiger partial charge in [-0.15, -0.1) is 11.3 Å². The first-order chi connectivity index (χ1) is 9.94. The number of aryl methyl sites for hydroxylation is 1. The Morgan fingerprint density at radius 2 is 2.19 bits per heavy atom. The number of hydrogen-bond donors (Lipinski definition) is 2. The molecule has 0 saturated heterocycles. The van der Waals surface area contributed by atoms with Crippen LogP contribution in [0, 0.1) is 6.92 Å². The maximum atomic E-state index is 12.3. The largest absolute Gasteiger partial charge is 0.324 e.